The molecule has 0 bridgehead atoms. The Morgan fingerprint density at radius 2 is 2.06 bits per heavy atom. The van der Waals surface area contributed by atoms with Gasteiger partial charge in [-0.15, -0.1) is 0 Å². The molecule has 2 aromatic rings. The fourth-order valence-corrected chi connectivity index (χ4v) is 2.96. The molecule has 2 aromatic carbocycles. The molecule has 1 N–H and O–H groups in total. The van der Waals surface area contributed by atoms with Crippen molar-refractivity contribution in [2.24, 2.45) is 0 Å². The fraction of sp³-hybridized carbons (Fsp3) is 0.200. The van der Waals surface area contributed by atoms with Crippen LogP contribution in [0.15, 0.2) is 46.9 Å². The first-order chi connectivity index (χ1) is 8.72. The summed E-state index contributed by atoms with van der Waals surface area (Å²) < 4.78 is 13.9. The summed E-state index contributed by atoms with van der Waals surface area (Å²) in [6.07, 6.45) is 1.93. The van der Waals surface area contributed by atoms with Gasteiger partial charge in [0.15, 0.2) is 0 Å². The number of halogens is 2. The van der Waals surface area contributed by atoms with Crippen molar-refractivity contribution in [1.29, 1.82) is 0 Å². The van der Waals surface area contributed by atoms with Crippen LogP contribution in [0.5, 0.6) is 0 Å². The number of nitrogens with one attached hydrogen (secondary N) is 1. The Bertz CT molecular complexity index is 557. The van der Waals surface area contributed by atoms with Gasteiger partial charge in [-0.2, -0.15) is 0 Å². The highest BCUT2D eigenvalue weighted by Gasteiger charge is 2.20. The van der Waals surface area contributed by atoms with E-state index in [1.807, 2.05) is 12.1 Å². The average Bonchev–Trinajstić information content (AvgIpc) is 2.75. The molecule has 0 fully saturated rings. The van der Waals surface area contributed by atoms with Crippen LogP contribution in [0.1, 0.15) is 11.1 Å². The minimum Gasteiger partial charge on any atom is -0.381 e. The van der Waals surface area contributed by atoms with Gasteiger partial charge in [0, 0.05) is 16.2 Å². The number of anilines is 1. The van der Waals surface area contributed by atoms with Crippen LogP contribution in [0.25, 0.3) is 0 Å². The van der Waals surface area contributed by atoms with E-state index < -0.39 is 0 Å². The molecule has 1 atom stereocenters. The van der Waals surface area contributed by atoms with E-state index in [9.17, 15) is 4.39 Å². The van der Waals surface area contributed by atoms with E-state index in [4.69, 9.17) is 0 Å². The third-order valence-electron chi connectivity index (χ3n) is 3.32. The number of hydrogen-bond donors (Lipinski definition) is 1. The summed E-state index contributed by atoms with van der Waals surface area (Å²) in [6, 6.07) is 13.7. The van der Waals surface area contributed by atoms with Gasteiger partial charge in [-0.3, -0.25) is 0 Å². The van der Waals surface area contributed by atoms with Crippen LogP contribution in [0.2, 0.25) is 0 Å². The predicted octanol–water partition coefficient (Wildman–Crippen LogP) is 4.17. The van der Waals surface area contributed by atoms with Crippen molar-refractivity contribution in [2.75, 3.05) is 5.32 Å². The molecule has 1 heterocycles. The zero-order valence-corrected chi connectivity index (χ0v) is 11.4. The zero-order chi connectivity index (χ0) is 12.5. The zero-order valence-electron chi connectivity index (χ0n) is 9.79. The third kappa shape index (κ3) is 2.27. The summed E-state index contributed by atoms with van der Waals surface area (Å²) in [4.78, 5) is 0. The Morgan fingerprint density at radius 3 is 2.83 bits per heavy atom. The van der Waals surface area contributed by atoms with E-state index in [0.717, 1.165) is 22.9 Å². The lowest BCUT2D eigenvalue weighted by molar-refractivity contribution is 0.625. The first-order valence-corrected chi connectivity index (χ1v) is 6.80. The quantitative estimate of drug-likeness (QED) is 0.878. The molecule has 3 rings (SSSR count). The molecule has 1 nitrogen and oxygen atoms in total. The van der Waals surface area contributed by atoms with Gasteiger partial charge in [0.05, 0.1) is 0 Å². The van der Waals surface area contributed by atoms with Crippen LogP contribution >= 0.6 is 15.9 Å². The topological polar surface area (TPSA) is 12.0 Å². The molecule has 0 aromatic heterocycles. The van der Waals surface area contributed by atoms with Crippen molar-refractivity contribution in [3.05, 3.63) is 63.9 Å². The maximum atomic E-state index is 13.0. The number of rotatable bonds is 2. The van der Waals surface area contributed by atoms with Crippen molar-refractivity contribution >= 4 is 21.6 Å². The number of para-hydroxylation sites is 1. The SMILES string of the molecule is Fc1ccc(CC2Cc3ccccc3N2)c(Br)c1. The van der Waals surface area contributed by atoms with E-state index >= 15 is 0 Å². The lowest BCUT2D eigenvalue weighted by atomic mass is 10.0. The molecule has 0 amide bonds. The van der Waals surface area contributed by atoms with E-state index in [1.165, 1.54) is 23.4 Å². The Kier molecular flexibility index (Phi) is 3.08. The summed E-state index contributed by atoms with van der Waals surface area (Å²) in [5.74, 6) is -0.201. The maximum Gasteiger partial charge on any atom is 0.124 e. The molecule has 0 spiro atoms. The molecule has 1 unspecified atom stereocenters. The Balaban J connectivity index is 1.76. The van der Waals surface area contributed by atoms with Gasteiger partial charge in [0.25, 0.3) is 0 Å². The molecule has 0 saturated heterocycles. The highest BCUT2D eigenvalue weighted by molar-refractivity contribution is 9.10. The first-order valence-electron chi connectivity index (χ1n) is 6.01. The van der Waals surface area contributed by atoms with Crippen LogP contribution in [0.3, 0.4) is 0 Å². The highest BCUT2D eigenvalue weighted by Crippen LogP contribution is 2.28. The molecule has 18 heavy (non-hydrogen) atoms. The maximum absolute atomic E-state index is 13.0. The molecular weight excluding hydrogens is 293 g/mol. The van der Waals surface area contributed by atoms with Crippen molar-refractivity contribution in [1.82, 2.24) is 0 Å². The Hall–Kier alpha value is -1.35. The van der Waals surface area contributed by atoms with Crippen LogP contribution in [-0.2, 0) is 12.8 Å². The van der Waals surface area contributed by atoms with Gasteiger partial charge >= 0.3 is 0 Å². The molecule has 0 aliphatic carbocycles. The number of hydrogen-bond acceptors (Lipinski definition) is 1. The number of benzene rings is 2. The highest BCUT2D eigenvalue weighted by atomic mass is 79.9. The standard InChI is InChI=1S/C15H13BrFN/c16-14-9-12(17)6-5-10(14)7-13-8-11-3-1-2-4-15(11)18-13/h1-6,9,13,18H,7-8H2. The normalized spacial score (nSPS) is 17.3. The van der Waals surface area contributed by atoms with Gasteiger partial charge in [-0.1, -0.05) is 40.2 Å². The van der Waals surface area contributed by atoms with E-state index in [-0.39, 0.29) is 5.82 Å². The molecule has 0 saturated carbocycles. The van der Waals surface area contributed by atoms with Crippen LogP contribution < -0.4 is 5.32 Å². The smallest absolute Gasteiger partial charge is 0.124 e. The van der Waals surface area contributed by atoms with Crippen molar-refractivity contribution in [2.45, 2.75) is 18.9 Å². The largest absolute Gasteiger partial charge is 0.381 e. The molecule has 92 valence electrons. The first kappa shape index (κ1) is 11.7. The van der Waals surface area contributed by atoms with Crippen molar-refractivity contribution in [3.8, 4) is 0 Å². The van der Waals surface area contributed by atoms with Crippen molar-refractivity contribution < 1.29 is 4.39 Å². The Labute approximate surface area is 114 Å². The Morgan fingerprint density at radius 1 is 1.22 bits per heavy atom. The second kappa shape index (κ2) is 4.73. The summed E-state index contributed by atoms with van der Waals surface area (Å²) in [6.45, 7) is 0. The lowest BCUT2D eigenvalue weighted by Gasteiger charge is -2.12. The molecule has 1 aliphatic heterocycles. The van der Waals surface area contributed by atoms with E-state index in [2.05, 4.69) is 39.4 Å². The van der Waals surface area contributed by atoms with Gasteiger partial charge in [0.2, 0.25) is 0 Å². The van der Waals surface area contributed by atoms with Crippen molar-refractivity contribution in [3.63, 3.8) is 0 Å². The lowest BCUT2D eigenvalue weighted by Crippen LogP contribution is -2.18. The van der Waals surface area contributed by atoms with E-state index in [1.54, 1.807) is 0 Å². The van der Waals surface area contributed by atoms with Gasteiger partial charge in [-0.05, 0) is 42.2 Å². The molecule has 3 heteroatoms. The second-order valence-corrected chi connectivity index (χ2v) is 5.50. The van der Waals surface area contributed by atoms with Crippen LogP contribution in [-0.4, -0.2) is 6.04 Å². The average molecular weight is 306 g/mol. The predicted molar refractivity (Wildman–Crippen MR) is 75.4 cm³/mol. The van der Waals surface area contributed by atoms with Crippen LogP contribution in [0, 0.1) is 5.82 Å². The minimum absolute atomic E-state index is 0.201. The minimum atomic E-state index is -0.201. The van der Waals surface area contributed by atoms with E-state index in [0.29, 0.717) is 6.04 Å². The number of fused-ring (bicyclic) bond motifs is 1. The van der Waals surface area contributed by atoms with Gasteiger partial charge < -0.3 is 5.32 Å². The summed E-state index contributed by atoms with van der Waals surface area (Å²) in [7, 11) is 0. The third-order valence-corrected chi connectivity index (χ3v) is 4.06. The second-order valence-electron chi connectivity index (χ2n) is 4.64. The summed E-state index contributed by atoms with van der Waals surface area (Å²) in [5.41, 5.74) is 3.73. The van der Waals surface area contributed by atoms with Gasteiger partial charge in [-0.25, -0.2) is 4.39 Å². The fourth-order valence-electron chi connectivity index (χ4n) is 2.45. The monoisotopic (exact) mass is 305 g/mol. The van der Waals surface area contributed by atoms with Crippen LogP contribution in [0.4, 0.5) is 10.1 Å². The molecular formula is C15H13BrFN. The van der Waals surface area contributed by atoms with Gasteiger partial charge in [0.1, 0.15) is 5.82 Å². The molecule has 1 aliphatic rings. The summed E-state index contributed by atoms with van der Waals surface area (Å²) >= 11 is 3.42. The summed E-state index contributed by atoms with van der Waals surface area (Å²) in [5, 5.41) is 3.51. The molecule has 0 radical (unpaired) electrons.